The predicted octanol–water partition coefficient (Wildman–Crippen LogP) is 1.20. The molecule has 1 aromatic carbocycles. The summed E-state index contributed by atoms with van der Waals surface area (Å²) in [5, 5.41) is 8.42. The number of amides is 2. The zero-order chi connectivity index (χ0) is 17.5. The molecule has 0 aliphatic heterocycles. The molecule has 2 rings (SSSR count). The highest BCUT2D eigenvalue weighted by molar-refractivity contribution is 5.96. The van der Waals surface area contributed by atoms with Gasteiger partial charge in [0.15, 0.2) is 12.4 Å². The van der Waals surface area contributed by atoms with E-state index in [-0.39, 0.29) is 12.4 Å². The molecule has 0 saturated carbocycles. The molecule has 0 radical (unpaired) electrons. The van der Waals surface area contributed by atoms with E-state index in [1.54, 1.807) is 25.1 Å². The average molecular weight is 331 g/mol. The molecule has 0 bridgehead atoms. The van der Waals surface area contributed by atoms with Crippen molar-refractivity contribution < 1.29 is 23.6 Å². The summed E-state index contributed by atoms with van der Waals surface area (Å²) in [4.78, 5) is 35.0. The highest BCUT2D eigenvalue weighted by Gasteiger charge is 2.12. The fourth-order valence-corrected chi connectivity index (χ4v) is 1.84. The Bertz CT molecular complexity index is 754. The number of anilines is 1. The fourth-order valence-electron chi connectivity index (χ4n) is 1.84. The van der Waals surface area contributed by atoms with Crippen LogP contribution in [-0.4, -0.2) is 36.1 Å². The molecule has 8 heteroatoms. The standard InChI is InChI=1S/C16H17N3O5/c1-10-4-3-5-12(6-10)16(22)17-8-15(21)23-9-14(20)18-13-7-11(2)24-19-13/h3-7H,8-9H2,1-2H3,(H,17,22)(H,18,19,20). The van der Waals surface area contributed by atoms with Crippen LogP contribution in [0.1, 0.15) is 21.7 Å². The van der Waals surface area contributed by atoms with Gasteiger partial charge in [-0.05, 0) is 26.0 Å². The third-order valence-corrected chi connectivity index (χ3v) is 2.93. The van der Waals surface area contributed by atoms with Gasteiger partial charge >= 0.3 is 5.97 Å². The van der Waals surface area contributed by atoms with Crippen molar-refractivity contribution in [3.8, 4) is 0 Å². The van der Waals surface area contributed by atoms with Gasteiger partial charge in [0.1, 0.15) is 12.3 Å². The average Bonchev–Trinajstić information content (AvgIpc) is 2.95. The first-order valence-electron chi connectivity index (χ1n) is 7.17. The molecule has 2 aromatic rings. The molecule has 1 aromatic heterocycles. The van der Waals surface area contributed by atoms with Crippen molar-refractivity contribution in [2.45, 2.75) is 13.8 Å². The lowest BCUT2D eigenvalue weighted by molar-refractivity contribution is -0.146. The number of hydrogen-bond acceptors (Lipinski definition) is 6. The molecule has 0 aliphatic carbocycles. The van der Waals surface area contributed by atoms with Gasteiger partial charge in [-0.15, -0.1) is 0 Å². The number of aromatic nitrogens is 1. The maximum Gasteiger partial charge on any atom is 0.325 e. The number of benzene rings is 1. The van der Waals surface area contributed by atoms with Crippen LogP contribution in [0.5, 0.6) is 0 Å². The van der Waals surface area contributed by atoms with E-state index in [0.717, 1.165) is 5.56 Å². The third-order valence-electron chi connectivity index (χ3n) is 2.93. The quantitative estimate of drug-likeness (QED) is 0.770. The van der Waals surface area contributed by atoms with Gasteiger partial charge in [0.05, 0.1) is 0 Å². The Balaban J connectivity index is 1.71. The number of carbonyl (C=O) groups is 3. The summed E-state index contributed by atoms with van der Waals surface area (Å²) < 4.78 is 9.56. The predicted molar refractivity (Wildman–Crippen MR) is 84.3 cm³/mol. The second-order valence-electron chi connectivity index (χ2n) is 5.08. The number of hydrogen-bond donors (Lipinski definition) is 2. The highest BCUT2D eigenvalue weighted by Crippen LogP contribution is 2.06. The fraction of sp³-hybridized carbons (Fsp3) is 0.250. The molecule has 2 N–H and O–H groups in total. The molecule has 0 aliphatic rings. The SMILES string of the molecule is Cc1cccc(C(=O)NCC(=O)OCC(=O)Nc2cc(C)on2)c1. The molecule has 0 spiro atoms. The maximum atomic E-state index is 11.9. The molecule has 8 nitrogen and oxygen atoms in total. The zero-order valence-electron chi connectivity index (χ0n) is 13.3. The highest BCUT2D eigenvalue weighted by atomic mass is 16.5. The molecule has 0 unspecified atom stereocenters. The van der Waals surface area contributed by atoms with Gasteiger partial charge in [-0.1, -0.05) is 22.9 Å². The Morgan fingerprint density at radius 3 is 2.67 bits per heavy atom. The van der Waals surface area contributed by atoms with Crippen molar-refractivity contribution in [3.63, 3.8) is 0 Å². The first kappa shape index (κ1) is 17.2. The van der Waals surface area contributed by atoms with Crippen LogP contribution in [0.25, 0.3) is 0 Å². The van der Waals surface area contributed by atoms with Crippen LogP contribution in [0.3, 0.4) is 0 Å². The molecule has 126 valence electrons. The molecule has 24 heavy (non-hydrogen) atoms. The number of nitrogens with zero attached hydrogens (tertiary/aromatic N) is 1. The van der Waals surface area contributed by atoms with Gasteiger partial charge in [0.25, 0.3) is 11.8 Å². The van der Waals surface area contributed by atoms with E-state index in [0.29, 0.717) is 11.3 Å². The molecule has 0 atom stereocenters. The zero-order valence-corrected chi connectivity index (χ0v) is 13.3. The maximum absolute atomic E-state index is 11.9. The number of aryl methyl sites for hydroxylation is 2. The van der Waals surface area contributed by atoms with Crippen LogP contribution in [-0.2, 0) is 14.3 Å². The van der Waals surface area contributed by atoms with Crippen LogP contribution in [0.4, 0.5) is 5.82 Å². The Morgan fingerprint density at radius 2 is 2.00 bits per heavy atom. The van der Waals surface area contributed by atoms with Crippen molar-refractivity contribution in [1.29, 1.82) is 0 Å². The van der Waals surface area contributed by atoms with Gasteiger partial charge in [0, 0.05) is 11.6 Å². The summed E-state index contributed by atoms with van der Waals surface area (Å²) in [5.41, 5.74) is 1.38. The number of nitrogens with one attached hydrogen (secondary N) is 2. The van der Waals surface area contributed by atoms with E-state index in [9.17, 15) is 14.4 Å². The lowest BCUT2D eigenvalue weighted by Gasteiger charge is -2.06. The summed E-state index contributed by atoms with van der Waals surface area (Å²) in [7, 11) is 0. The third kappa shape index (κ3) is 5.24. The summed E-state index contributed by atoms with van der Waals surface area (Å²) in [5.74, 6) is -0.884. The first-order chi connectivity index (χ1) is 11.4. The minimum absolute atomic E-state index is 0.237. The van der Waals surface area contributed by atoms with Crippen molar-refractivity contribution >= 4 is 23.6 Å². The smallest absolute Gasteiger partial charge is 0.325 e. The van der Waals surface area contributed by atoms with E-state index in [1.165, 1.54) is 6.07 Å². The van der Waals surface area contributed by atoms with Crippen molar-refractivity contribution in [2.24, 2.45) is 0 Å². The Hall–Kier alpha value is -3.16. The lowest BCUT2D eigenvalue weighted by Crippen LogP contribution is -2.32. The number of esters is 1. The van der Waals surface area contributed by atoms with E-state index in [1.807, 2.05) is 13.0 Å². The minimum Gasteiger partial charge on any atom is -0.454 e. The normalized spacial score (nSPS) is 10.1. The van der Waals surface area contributed by atoms with E-state index in [4.69, 9.17) is 9.26 Å². The van der Waals surface area contributed by atoms with Gasteiger partial charge in [-0.3, -0.25) is 14.4 Å². The second-order valence-corrected chi connectivity index (χ2v) is 5.08. The molecule has 1 heterocycles. The molecular formula is C16H17N3O5. The van der Waals surface area contributed by atoms with Crippen LogP contribution >= 0.6 is 0 Å². The number of ether oxygens (including phenoxy) is 1. The largest absolute Gasteiger partial charge is 0.454 e. The van der Waals surface area contributed by atoms with Crippen LogP contribution < -0.4 is 10.6 Å². The monoisotopic (exact) mass is 331 g/mol. The summed E-state index contributed by atoms with van der Waals surface area (Å²) in [6.07, 6.45) is 0. The van der Waals surface area contributed by atoms with Crippen LogP contribution in [0.15, 0.2) is 34.9 Å². The van der Waals surface area contributed by atoms with E-state index < -0.39 is 24.4 Å². The molecule has 0 fully saturated rings. The van der Waals surface area contributed by atoms with Gasteiger partial charge < -0.3 is 19.9 Å². The molecule has 0 saturated heterocycles. The topological polar surface area (TPSA) is 111 Å². The Kier molecular flexibility index (Phi) is 5.67. The summed E-state index contributed by atoms with van der Waals surface area (Å²) >= 11 is 0. The molecule has 2 amide bonds. The summed E-state index contributed by atoms with van der Waals surface area (Å²) in [6.45, 7) is 2.73. The number of rotatable bonds is 6. The van der Waals surface area contributed by atoms with E-state index in [2.05, 4.69) is 15.8 Å². The minimum atomic E-state index is -0.720. The number of carbonyl (C=O) groups excluding carboxylic acids is 3. The molecular weight excluding hydrogens is 314 g/mol. The first-order valence-corrected chi connectivity index (χ1v) is 7.17. The van der Waals surface area contributed by atoms with Crippen LogP contribution in [0, 0.1) is 13.8 Å². The van der Waals surface area contributed by atoms with Crippen molar-refractivity contribution in [1.82, 2.24) is 10.5 Å². The summed E-state index contributed by atoms with van der Waals surface area (Å²) in [6, 6.07) is 8.48. The van der Waals surface area contributed by atoms with Gasteiger partial charge in [-0.2, -0.15) is 0 Å². The lowest BCUT2D eigenvalue weighted by atomic mass is 10.1. The Labute approximate surface area is 138 Å². The Morgan fingerprint density at radius 1 is 1.21 bits per heavy atom. The van der Waals surface area contributed by atoms with Gasteiger partial charge in [-0.25, -0.2) is 0 Å². The second kappa shape index (κ2) is 7.91. The van der Waals surface area contributed by atoms with E-state index >= 15 is 0 Å². The van der Waals surface area contributed by atoms with Gasteiger partial charge in [0.2, 0.25) is 0 Å². The van der Waals surface area contributed by atoms with Crippen molar-refractivity contribution in [2.75, 3.05) is 18.5 Å². The van der Waals surface area contributed by atoms with Crippen LogP contribution in [0.2, 0.25) is 0 Å². The van der Waals surface area contributed by atoms with Crippen molar-refractivity contribution in [3.05, 3.63) is 47.2 Å².